The van der Waals surface area contributed by atoms with Gasteiger partial charge in [0.05, 0.1) is 12.0 Å². The Bertz CT molecular complexity index is 1460. The summed E-state index contributed by atoms with van der Waals surface area (Å²) in [7, 11) is 0. The molecule has 3 aromatic rings. The second-order valence-electron chi connectivity index (χ2n) is 9.98. The van der Waals surface area contributed by atoms with Crippen molar-refractivity contribution in [2.75, 3.05) is 19.7 Å². The van der Waals surface area contributed by atoms with Gasteiger partial charge in [-0.15, -0.1) is 0 Å². The number of aryl methyl sites for hydroxylation is 2. The minimum absolute atomic E-state index is 0.00189. The third-order valence-electron chi connectivity index (χ3n) is 7.29. The molecule has 0 unspecified atom stereocenters. The van der Waals surface area contributed by atoms with Crippen LogP contribution in [-0.4, -0.2) is 35.1 Å². The molecular weight excluding hydrogens is 444 g/mol. The van der Waals surface area contributed by atoms with E-state index in [1.807, 2.05) is 48.4 Å². The van der Waals surface area contributed by atoms with E-state index < -0.39 is 5.63 Å². The number of amides is 1. The maximum absolute atomic E-state index is 13.3. The Morgan fingerprint density at radius 2 is 1.91 bits per heavy atom. The quantitative estimate of drug-likeness (QED) is 0.416. The molecule has 2 aliphatic rings. The summed E-state index contributed by atoms with van der Waals surface area (Å²) in [5.74, 6) is 0.930. The van der Waals surface area contributed by atoms with Crippen LogP contribution in [0.25, 0.3) is 11.0 Å². The van der Waals surface area contributed by atoms with Gasteiger partial charge in [0.25, 0.3) is 5.56 Å². The lowest BCUT2D eigenvalue weighted by molar-refractivity contribution is -0.133. The first-order valence-corrected chi connectivity index (χ1v) is 12.0. The lowest BCUT2D eigenvalue weighted by atomic mass is 9.83. The normalized spacial score (nSPS) is 18.9. The van der Waals surface area contributed by atoms with E-state index in [1.54, 1.807) is 12.1 Å². The standard InChI is InChI=1S/C28H30N2O5/c1-16(2)15-34-24-9-8-21-17(3)22(28(33)35-27(21)18(24)4)11-26(32)29-12-19-10-20(14-29)23-6-5-7-25(31)30(23)13-19/h5-9,19-20H,1,10-15H2,2-4H3/t19-,20-/m1/s1. The number of likely N-dealkylation sites (tertiary alicyclic amines) is 1. The summed E-state index contributed by atoms with van der Waals surface area (Å²) >= 11 is 0. The molecule has 1 amide bonds. The molecule has 2 aliphatic heterocycles. The number of carbonyl (C=O) groups is 1. The number of fused-ring (bicyclic) bond motifs is 5. The molecule has 0 aliphatic carbocycles. The van der Waals surface area contributed by atoms with Gasteiger partial charge in [0, 0.05) is 48.3 Å². The van der Waals surface area contributed by atoms with Gasteiger partial charge < -0.3 is 18.6 Å². The summed E-state index contributed by atoms with van der Waals surface area (Å²) in [6.45, 7) is 11.6. The molecule has 1 fully saturated rings. The topological polar surface area (TPSA) is 81.8 Å². The monoisotopic (exact) mass is 474 g/mol. The van der Waals surface area contributed by atoms with Crippen LogP contribution in [0.4, 0.5) is 0 Å². The minimum Gasteiger partial charge on any atom is -0.489 e. The van der Waals surface area contributed by atoms with Crippen LogP contribution >= 0.6 is 0 Å². The molecule has 0 N–H and O–H groups in total. The third kappa shape index (κ3) is 4.20. The molecule has 1 saturated heterocycles. The molecule has 0 saturated carbocycles. The van der Waals surface area contributed by atoms with Gasteiger partial charge in [-0.3, -0.25) is 9.59 Å². The fraction of sp³-hybridized carbons (Fsp3) is 0.393. The number of hydrogen-bond donors (Lipinski definition) is 0. The molecule has 0 spiro atoms. The molecule has 2 bridgehead atoms. The van der Waals surface area contributed by atoms with Crippen LogP contribution in [0.2, 0.25) is 0 Å². The van der Waals surface area contributed by atoms with E-state index in [2.05, 4.69) is 6.58 Å². The van der Waals surface area contributed by atoms with Crippen LogP contribution in [0.15, 0.2) is 56.5 Å². The van der Waals surface area contributed by atoms with Gasteiger partial charge in [-0.25, -0.2) is 4.79 Å². The summed E-state index contributed by atoms with van der Waals surface area (Å²) in [6, 6.07) is 9.10. The molecule has 1 aromatic carbocycles. The highest BCUT2D eigenvalue weighted by Crippen LogP contribution is 2.35. The first-order valence-electron chi connectivity index (χ1n) is 12.0. The molecule has 4 heterocycles. The largest absolute Gasteiger partial charge is 0.489 e. The number of benzene rings is 1. The molecule has 0 radical (unpaired) electrons. The second-order valence-corrected chi connectivity index (χ2v) is 9.98. The zero-order chi connectivity index (χ0) is 24.9. The number of ether oxygens (including phenoxy) is 1. The van der Waals surface area contributed by atoms with Gasteiger partial charge in [0.1, 0.15) is 17.9 Å². The van der Waals surface area contributed by atoms with E-state index >= 15 is 0 Å². The Kier molecular flexibility index (Phi) is 5.87. The van der Waals surface area contributed by atoms with Crippen LogP contribution in [0, 0.1) is 19.8 Å². The Balaban J connectivity index is 1.40. The summed E-state index contributed by atoms with van der Waals surface area (Å²) in [4.78, 5) is 40.4. The highest BCUT2D eigenvalue weighted by atomic mass is 16.5. The number of carbonyl (C=O) groups excluding carboxylic acids is 1. The zero-order valence-corrected chi connectivity index (χ0v) is 20.4. The summed E-state index contributed by atoms with van der Waals surface area (Å²) in [6.07, 6.45) is 0.970. The Morgan fingerprint density at radius 3 is 2.69 bits per heavy atom. The first-order chi connectivity index (χ1) is 16.7. The summed E-state index contributed by atoms with van der Waals surface area (Å²) in [5, 5.41) is 0.802. The summed E-state index contributed by atoms with van der Waals surface area (Å²) < 4.78 is 13.3. The second kappa shape index (κ2) is 8.87. The van der Waals surface area contributed by atoms with Crippen LogP contribution in [0.5, 0.6) is 5.75 Å². The Hall–Kier alpha value is -3.61. The lowest BCUT2D eigenvalue weighted by Gasteiger charge is -2.42. The van der Waals surface area contributed by atoms with Gasteiger partial charge in [0.2, 0.25) is 5.91 Å². The maximum atomic E-state index is 13.3. The molecule has 5 rings (SSSR count). The molecule has 7 nitrogen and oxygen atoms in total. The zero-order valence-electron chi connectivity index (χ0n) is 20.4. The number of piperidine rings is 1. The average Bonchev–Trinajstić information content (AvgIpc) is 2.82. The van der Waals surface area contributed by atoms with E-state index in [0.717, 1.165) is 34.2 Å². The van der Waals surface area contributed by atoms with Crippen molar-refractivity contribution in [1.82, 2.24) is 9.47 Å². The van der Waals surface area contributed by atoms with E-state index in [0.29, 0.717) is 43.1 Å². The smallest absolute Gasteiger partial charge is 0.340 e. The van der Waals surface area contributed by atoms with Crippen molar-refractivity contribution in [2.45, 2.75) is 46.1 Å². The number of aromatic nitrogens is 1. The van der Waals surface area contributed by atoms with E-state index in [9.17, 15) is 14.4 Å². The van der Waals surface area contributed by atoms with Crippen LogP contribution < -0.4 is 15.9 Å². The highest BCUT2D eigenvalue weighted by Gasteiger charge is 2.36. The van der Waals surface area contributed by atoms with Crippen molar-refractivity contribution in [3.05, 3.63) is 85.6 Å². The van der Waals surface area contributed by atoms with Crippen molar-refractivity contribution in [3.63, 3.8) is 0 Å². The predicted octanol–water partition coefficient (Wildman–Crippen LogP) is 3.71. The molecule has 7 heteroatoms. The van der Waals surface area contributed by atoms with Gasteiger partial charge >= 0.3 is 5.63 Å². The van der Waals surface area contributed by atoms with Crippen molar-refractivity contribution in [1.29, 1.82) is 0 Å². The van der Waals surface area contributed by atoms with E-state index in [-0.39, 0.29) is 29.7 Å². The predicted molar refractivity (Wildman–Crippen MR) is 134 cm³/mol. The maximum Gasteiger partial charge on any atom is 0.340 e. The van der Waals surface area contributed by atoms with Gasteiger partial charge in [-0.2, -0.15) is 0 Å². The lowest BCUT2D eigenvalue weighted by Crippen LogP contribution is -2.49. The molecule has 182 valence electrons. The summed E-state index contributed by atoms with van der Waals surface area (Å²) in [5.41, 5.74) is 3.80. The van der Waals surface area contributed by atoms with Gasteiger partial charge in [0.15, 0.2) is 0 Å². The van der Waals surface area contributed by atoms with E-state index in [4.69, 9.17) is 9.15 Å². The number of nitrogens with zero attached hydrogens (tertiary/aromatic N) is 2. The van der Waals surface area contributed by atoms with Crippen molar-refractivity contribution in [2.24, 2.45) is 5.92 Å². The van der Waals surface area contributed by atoms with E-state index in [1.165, 1.54) is 0 Å². The number of hydrogen-bond acceptors (Lipinski definition) is 5. The van der Waals surface area contributed by atoms with Crippen LogP contribution in [0.1, 0.15) is 41.6 Å². The van der Waals surface area contributed by atoms with Crippen LogP contribution in [0.3, 0.4) is 0 Å². The average molecular weight is 475 g/mol. The van der Waals surface area contributed by atoms with Gasteiger partial charge in [-0.1, -0.05) is 12.6 Å². The molecule has 2 aromatic heterocycles. The fourth-order valence-electron chi connectivity index (χ4n) is 5.50. The van der Waals surface area contributed by atoms with Crippen molar-refractivity contribution < 1.29 is 13.9 Å². The Labute approximate surface area is 203 Å². The van der Waals surface area contributed by atoms with Crippen LogP contribution in [-0.2, 0) is 17.8 Å². The number of pyridine rings is 1. The minimum atomic E-state index is -0.488. The number of rotatable bonds is 5. The molecular formula is C28H30N2O5. The van der Waals surface area contributed by atoms with Crippen molar-refractivity contribution >= 4 is 16.9 Å². The highest BCUT2D eigenvalue weighted by molar-refractivity contribution is 5.87. The Morgan fingerprint density at radius 1 is 1.11 bits per heavy atom. The molecule has 2 atom stereocenters. The fourth-order valence-corrected chi connectivity index (χ4v) is 5.50. The van der Waals surface area contributed by atoms with Gasteiger partial charge in [-0.05, 0) is 62.4 Å². The molecule has 35 heavy (non-hydrogen) atoms. The third-order valence-corrected chi connectivity index (χ3v) is 7.29. The SMILES string of the molecule is C=C(C)COc1ccc2c(C)c(CC(=O)N3C[C@H]4C[C@H](C3)c3cccc(=O)n3C4)c(=O)oc2c1C. The first kappa shape index (κ1) is 23.1. The van der Waals surface area contributed by atoms with Crippen molar-refractivity contribution in [3.8, 4) is 5.75 Å².